The number of amides is 2. The van der Waals surface area contributed by atoms with E-state index in [0.29, 0.717) is 23.4 Å². The minimum atomic E-state index is -0.353. The topological polar surface area (TPSA) is 40.6 Å². The molecule has 0 spiro atoms. The van der Waals surface area contributed by atoms with E-state index in [9.17, 15) is 14.0 Å². The number of imide groups is 1. The lowest BCUT2D eigenvalue weighted by Gasteiger charge is -2.19. The number of carbonyl (C=O) groups is 2. The fourth-order valence-electron chi connectivity index (χ4n) is 3.10. The maximum Gasteiger partial charge on any atom is 0.277 e. The lowest BCUT2D eigenvalue weighted by molar-refractivity contribution is -0.137. The van der Waals surface area contributed by atoms with Gasteiger partial charge in [-0.3, -0.25) is 14.5 Å². The number of nitrogens with zero attached hydrogens (tertiary/aromatic N) is 2. The molecule has 0 unspecified atom stereocenters. The molecule has 0 atom stereocenters. The van der Waals surface area contributed by atoms with E-state index in [1.165, 1.54) is 17.0 Å². The Labute approximate surface area is 129 Å². The van der Waals surface area contributed by atoms with E-state index in [0.717, 1.165) is 32.4 Å². The molecule has 1 aromatic carbocycles. The predicted octanol–water partition coefficient (Wildman–Crippen LogP) is 2.41. The van der Waals surface area contributed by atoms with Crippen molar-refractivity contribution in [2.24, 2.45) is 0 Å². The molecule has 2 aliphatic heterocycles. The van der Waals surface area contributed by atoms with Gasteiger partial charge in [-0.1, -0.05) is 19.1 Å². The highest BCUT2D eigenvalue weighted by atomic mass is 19.1. The number of likely N-dealkylation sites (tertiary alicyclic amines) is 1. The fourth-order valence-corrected chi connectivity index (χ4v) is 3.10. The summed E-state index contributed by atoms with van der Waals surface area (Å²) in [6.45, 7) is 3.93. The standard InChI is InChI=1S/C17H19FN2O2/c1-2-9-20-16(21)14(12-5-7-13(18)8-6-12)15(17(20)22)19-10-3-4-11-19/h5-8H,2-4,9-11H2,1H3. The number of halogens is 1. The van der Waals surface area contributed by atoms with Crippen LogP contribution in [0.25, 0.3) is 5.57 Å². The van der Waals surface area contributed by atoms with Crippen molar-refractivity contribution >= 4 is 17.4 Å². The van der Waals surface area contributed by atoms with E-state index in [2.05, 4.69) is 0 Å². The molecule has 1 fully saturated rings. The second kappa shape index (κ2) is 5.91. The SMILES string of the molecule is CCCN1C(=O)C(c2ccc(F)cc2)=C(N2CCCC2)C1=O. The van der Waals surface area contributed by atoms with Gasteiger partial charge in [-0.25, -0.2) is 4.39 Å². The van der Waals surface area contributed by atoms with Crippen LogP contribution in [-0.4, -0.2) is 41.2 Å². The van der Waals surface area contributed by atoms with Gasteiger partial charge in [0.05, 0.1) is 5.57 Å². The molecule has 3 rings (SSSR count). The summed E-state index contributed by atoms with van der Waals surface area (Å²) in [5.41, 5.74) is 1.52. The third-order valence-electron chi connectivity index (χ3n) is 4.15. The van der Waals surface area contributed by atoms with E-state index >= 15 is 0 Å². The van der Waals surface area contributed by atoms with Gasteiger partial charge in [0, 0.05) is 19.6 Å². The fraction of sp³-hybridized carbons (Fsp3) is 0.412. The highest BCUT2D eigenvalue weighted by molar-refractivity contribution is 6.35. The quantitative estimate of drug-likeness (QED) is 0.802. The minimum Gasteiger partial charge on any atom is -0.366 e. The van der Waals surface area contributed by atoms with Gasteiger partial charge in [0.25, 0.3) is 11.8 Å². The molecule has 2 aliphatic rings. The number of hydrogen-bond donors (Lipinski definition) is 0. The molecule has 116 valence electrons. The molecule has 0 saturated carbocycles. The zero-order valence-corrected chi connectivity index (χ0v) is 12.6. The Morgan fingerprint density at radius 2 is 1.68 bits per heavy atom. The Balaban J connectivity index is 2.07. The van der Waals surface area contributed by atoms with Gasteiger partial charge < -0.3 is 4.90 Å². The average Bonchev–Trinajstić information content (AvgIpc) is 3.10. The minimum absolute atomic E-state index is 0.215. The maximum atomic E-state index is 13.2. The van der Waals surface area contributed by atoms with Crippen molar-refractivity contribution < 1.29 is 14.0 Å². The van der Waals surface area contributed by atoms with E-state index in [-0.39, 0.29) is 17.6 Å². The van der Waals surface area contributed by atoms with Crippen molar-refractivity contribution in [2.45, 2.75) is 26.2 Å². The van der Waals surface area contributed by atoms with Gasteiger partial charge in [0.15, 0.2) is 0 Å². The summed E-state index contributed by atoms with van der Waals surface area (Å²) in [6.07, 6.45) is 2.77. The summed E-state index contributed by atoms with van der Waals surface area (Å²) in [5, 5.41) is 0. The molecular formula is C17H19FN2O2. The summed E-state index contributed by atoms with van der Waals surface area (Å²) in [6, 6.07) is 5.79. The van der Waals surface area contributed by atoms with Crippen LogP contribution in [0, 0.1) is 5.82 Å². The lowest BCUT2D eigenvalue weighted by Crippen LogP contribution is -2.35. The van der Waals surface area contributed by atoms with Crippen LogP contribution in [-0.2, 0) is 9.59 Å². The van der Waals surface area contributed by atoms with Gasteiger partial charge in [0.1, 0.15) is 11.5 Å². The van der Waals surface area contributed by atoms with Gasteiger partial charge >= 0.3 is 0 Å². The first-order chi connectivity index (χ1) is 10.6. The molecule has 0 radical (unpaired) electrons. The predicted molar refractivity (Wildman–Crippen MR) is 81.1 cm³/mol. The monoisotopic (exact) mass is 302 g/mol. The van der Waals surface area contributed by atoms with Gasteiger partial charge in [-0.15, -0.1) is 0 Å². The maximum absolute atomic E-state index is 13.2. The highest BCUT2D eigenvalue weighted by Gasteiger charge is 2.41. The van der Waals surface area contributed by atoms with Gasteiger partial charge in [-0.05, 0) is 37.0 Å². The summed E-state index contributed by atoms with van der Waals surface area (Å²) < 4.78 is 13.2. The van der Waals surface area contributed by atoms with Crippen molar-refractivity contribution in [2.75, 3.05) is 19.6 Å². The van der Waals surface area contributed by atoms with Crippen LogP contribution >= 0.6 is 0 Å². The zero-order chi connectivity index (χ0) is 15.7. The summed E-state index contributed by atoms with van der Waals surface area (Å²) in [5.74, 6) is -0.831. The Hall–Kier alpha value is -2.17. The van der Waals surface area contributed by atoms with Crippen LogP contribution in [0.2, 0.25) is 0 Å². The van der Waals surface area contributed by atoms with E-state index in [1.807, 2.05) is 11.8 Å². The second-order valence-corrected chi connectivity index (χ2v) is 5.69. The first kappa shape index (κ1) is 14.8. The van der Waals surface area contributed by atoms with Crippen molar-refractivity contribution in [3.8, 4) is 0 Å². The first-order valence-corrected chi connectivity index (χ1v) is 7.75. The highest BCUT2D eigenvalue weighted by Crippen LogP contribution is 2.33. The van der Waals surface area contributed by atoms with E-state index in [4.69, 9.17) is 0 Å². The molecule has 0 N–H and O–H groups in total. The smallest absolute Gasteiger partial charge is 0.277 e. The molecule has 22 heavy (non-hydrogen) atoms. The van der Waals surface area contributed by atoms with Crippen LogP contribution < -0.4 is 0 Å². The average molecular weight is 302 g/mol. The van der Waals surface area contributed by atoms with Crippen LogP contribution in [0.1, 0.15) is 31.7 Å². The normalized spacial score (nSPS) is 18.8. The number of benzene rings is 1. The van der Waals surface area contributed by atoms with Gasteiger partial charge in [-0.2, -0.15) is 0 Å². The first-order valence-electron chi connectivity index (χ1n) is 7.75. The third kappa shape index (κ3) is 2.40. The van der Waals surface area contributed by atoms with Crippen molar-refractivity contribution in [3.05, 3.63) is 41.3 Å². The Bertz CT molecular complexity index is 631. The molecule has 5 heteroatoms. The van der Waals surface area contributed by atoms with Gasteiger partial charge in [0.2, 0.25) is 0 Å². The molecule has 0 aromatic heterocycles. The Morgan fingerprint density at radius 3 is 2.27 bits per heavy atom. The van der Waals surface area contributed by atoms with Crippen molar-refractivity contribution in [1.29, 1.82) is 0 Å². The number of rotatable bonds is 4. The molecule has 0 bridgehead atoms. The molecule has 1 saturated heterocycles. The molecule has 4 nitrogen and oxygen atoms in total. The number of carbonyl (C=O) groups excluding carboxylic acids is 2. The van der Waals surface area contributed by atoms with E-state index < -0.39 is 0 Å². The number of hydrogen-bond acceptors (Lipinski definition) is 3. The third-order valence-corrected chi connectivity index (χ3v) is 4.15. The molecule has 2 amide bonds. The Morgan fingerprint density at radius 1 is 1.05 bits per heavy atom. The van der Waals surface area contributed by atoms with E-state index in [1.54, 1.807) is 12.1 Å². The van der Waals surface area contributed by atoms with Crippen molar-refractivity contribution in [3.63, 3.8) is 0 Å². The molecule has 1 aromatic rings. The van der Waals surface area contributed by atoms with Crippen LogP contribution in [0.4, 0.5) is 4.39 Å². The summed E-state index contributed by atoms with van der Waals surface area (Å²) in [7, 11) is 0. The molecular weight excluding hydrogens is 283 g/mol. The van der Waals surface area contributed by atoms with Crippen LogP contribution in [0.3, 0.4) is 0 Å². The molecule has 2 heterocycles. The molecule has 0 aliphatic carbocycles. The second-order valence-electron chi connectivity index (χ2n) is 5.69. The zero-order valence-electron chi connectivity index (χ0n) is 12.6. The summed E-state index contributed by atoms with van der Waals surface area (Å²) in [4.78, 5) is 28.7. The summed E-state index contributed by atoms with van der Waals surface area (Å²) >= 11 is 0. The van der Waals surface area contributed by atoms with Crippen LogP contribution in [0.5, 0.6) is 0 Å². The largest absolute Gasteiger partial charge is 0.366 e. The van der Waals surface area contributed by atoms with Crippen LogP contribution in [0.15, 0.2) is 30.0 Å². The lowest BCUT2D eigenvalue weighted by atomic mass is 10.0. The Kier molecular flexibility index (Phi) is 3.96. The van der Waals surface area contributed by atoms with Crippen molar-refractivity contribution in [1.82, 2.24) is 9.80 Å².